The molecule has 0 radical (unpaired) electrons. The van der Waals surface area contributed by atoms with Crippen molar-refractivity contribution in [1.82, 2.24) is 20.5 Å². The summed E-state index contributed by atoms with van der Waals surface area (Å²) in [6.07, 6.45) is 0.753. The summed E-state index contributed by atoms with van der Waals surface area (Å²) in [6.45, 7) is 0.351. The van der Waals surface area contributed by atoms with Crippen LogP contribution in [0.15, 0.2) is 30.3 Å². The number of rotatable bonds is 4. The molecule has 2 amide bonds. The highest BCUT2D eigenvalue weighted by atomic mass is 16.5. The molecule has 3 heterocycles. The van der Waals surface area contributed by atoms with Gasteiger partial charge in [-0.25, -0.2) is 9.78 Å². The molecule has 0 fully saturated rings. The number of hydrogen-bond acceptors (Lipinski definition) is 6. The van der Waals surface area contributed by atoms with Crippen LogP contribution in [0, 0.1) is 0 Å². The summed E-state index contributed by atoms with van der Waals surface area (Å²) in [7, 11) is 1.49. The summed E-state index contributed by atoms with van der Waals surface area (Å²) in [5.41, 5.74) is 3.26. The van der Waals surface area contributed by atoms with Crippen LogP contribution in [-0.2, 0) is 13.0 Å². The molecule has 140 valence electrons. The zero-order valence-electron chi connectivity index (χ0n) is 14.7. The number of para-hydroxylation sites is 1. The number of aromatic nitrogens is 3. The molecule has 2 aromatic heterocycles. The number of fused-ring (bicyclic) bond motifs is 2. The van der Waals surface area contributed by atoms with Gasteiger partial charge in [-0.05, 0) is 18.1 Å². The van der Waals surface area contributed by atoms with Crippen LogP contribution in [0.4, 0.5) is 16.3 Å². The van der Waals surface area contributed by atoms with Gasteiger partial charge < -0.3 is 20.5 Å². The number of nitrogens with zero attached hydrogens (tertiary/aromatic N) is 2. The summed E-state index contributed by atoms with van der Waals surface area (Å²) in [6, 6.07) is 9.30. The van der Waals surface area contributed by atoms with E-state index in [1.54, 1.807) is 6.07 Å². The number of aliphatic hydroxyl groups excluding tert-OH is 1. The largest absolute Gasteiger partial charge is 0.479 e. The zero-order valence-corrected chi connectivity index (χ0v) is 14.7. The van der Waals surface area contributed by atoms with E-state index in [9.17, 15) is 9.90 Å². The number of benzene rings is 1. The number of aromatic amines is 1. The van der Waals surface area contributed by atoms with Gasteiger partial charge in [-0.2, -0.15) is 0 Å². The highest BCUT2D eigenvalue weighted by Gasteiger charge is 2.20. The Bertz CT molecular complexity index is 986. The highest BCUT2D eigenvalue weighted by molar-refractivity contribution is 5.93. The lowest BCUT2D eigenvalue weighted by Crippen LogP contribution is -2.45. The van der Waals surface area contributed by atoms with Crippen LogP contribution in [0.5, 0.6) is 5.88 Å². The number of carbonyl (C=O) groups is 1. The highest BCUT2D eigenvalue weighted by Crippen LogP contribution is 2.27. The minimum absolute atomic E-state index is 0.0341. The molecule has 3 aromatic rings. The smallest absolute Gasteiger partial charge is 0.320 e. The van der Waals surface area contributed by atoms with E-state index in [4.69, 9.17) is 4.74 Å². The third-order valence-corrected chi connectivity index (χ3v) is 4.53. The second-order valence-electron chi connectivity index (χ2n) is 6.31. The number of H-pyrrole nitrogens is 1. The van der Waals surface area contributed by atoms with Crippen LogP contribution < -0.4 is 20.7 Å². The molecule has 9 heteroatoms. The lowest BCUT2D eigenvalue weighted by molar-refractivity contribution is 0.248. The number of ether oxygens (including phenoxy) is 1. The third-order valence-electron chi connectivity index (χ3n) is 4.53. The molecule has 0 spiro atoms. The Morgan fingerprint density at radius 3 is 3.07 bits per heavy atom. The van der Waals surface area contributed by atoms with Crippen molar-refractivity contribution in [3.05, 3.63) is 41.6 Å². The van der Waals surface area contributed by atoms with Gasteiger partial charge in [0.15, 0.2) is 0 Å². The summed E-state index contributed by atoms with van der Waals surface area (Å²) >= 11 is 0. The number of methoxy groups -OCH3 is 1. The molecule has 4 rings (SSSR count). The number of urea groups is 1. The topological polar surface area (TPSA) is 124 Å². The lowest BCUT2D eigenvalue weighted by Gasteiger charge is -2.26. The van der Waals surface area contributed by atoms with E-state index in [1.165, 1.54) is 12.7 Å². The maximum absolute atomic E-state index is 12.4. The fourth-order valence-corrected chi connectivity index (χ4v) is 3.30. The number of aliphatic hydroxyl groups is 1. The molecule has 0 bridgehead atoms. The number of amides is 2. The first kappa shape index (κ1) is 17.1. The minimum Gasteiger partial charge on any atom is -0.479 e. The van der Waals surface area contributed by atoms with E-state index in [1.807, 2.05) is 24.3 Å². The number of pyridine rings is 1. The molecule has 1 aromatic carbocycles. The molecule has 27 heavy (non-hydrogen) atoms. The van der Waals surface area contributed by atoms with Crippen LogP contribution in [0.3, 0.4) is 0 Å². The molecule has 0 saturated carbocycles. The normalized spacial score (nSPS) is 15.7. The second kappa shape index (κ2) is 7.12. The lowest BCUT2D eigenvalue weighted by atomic mass is 10.00. The molecule has 1 aliphatic heterocycles. The second-order valence-corrected chi connectivity index (χ2v) is 6.31. The van der Waals surface area contributed by atoms with Crippen LogP contribution in [0.1, 0.15) is 11.3 Å². The van der Waals surface area contributed by atoms with Crippen LogP contribution >= 0.6 is 0 Å². The van der Waals surface area contributed by atoms with Crippen molar-refractivity contribution in [3.8, 4) is 5.88 Å². The van der Waals surface area contributed by atoms with E-state index in [2.05, 4.69) is 31.1 Å². The Hall–Kier alpha value is -3.33. The van der Waals surface area contributed by atoms with Gasteiger partial charge in [0.05, 0.1) is 36.4 Å². The van der Waals surface area contributed by atoms with E-state index in [0.29, 0.717) is 34.8 Å². The summed E-state index contributed by atoms with van der Waals surface area (Å²) in [4.78, 5) is 16.7. The Balaban J connectivity index is 1.47. The number of nitrogens with one attached hydrogen (secondary N) is 4. The van der Waals surface area contributed by atoms with Gasteiger partial charge in [-0.1, -0.05) is 18.2 Å². The maximum atomic E-state index is 12.4. The van der Waals surface area contributed by atoms with Crippen molar-refractivity contribution in [1.29, 1.82) is 0 Å². The molecule has 1 atom stereocenters. The monoisotopic (exact) mass is 368 g/mol. The van der Waals surface area contributed by atoms with E-state index in [-0.39, 0.29) is 18.7 Å². The molecule has 0 aliphatic carbocycles. The van der Waals surface area contributed by atoms with Crippen LogP contribution in [0.25, 0.3) is 10.9 Å². The average Bonchev–Trinajstić information content (AvgIpc) is 3.10. The molecular weight excluding hydrogens is 348 g/mol. The number of hydrogen-bond donors (Lipinski definition) is 5. The molecule has 1 unspecified atom stereocenters. The van der Waals surface area contributed by atoms with Gasteiger partial charge in [-0.3, -0.25) is 10.4 Å². The van der Waals surface area contributed by atoms with Crippen molar-refractivity contribution in [2.24, 2.45) is 0 Å². The van der Waals surface area contributed by atoms with Gasteiger partial charge in [0.2, 0.25) is 5.88 Å². The molecule has 9 nitrogen and oxygen atoms in total. The maximum Gasteiger partial charge on any atom is 0.320 e. The Kier molecular flexibility index (Phi) is 4.51. The van der Waals surface area contributed by atoms with Gasteiger partial charge in [0.1, 0.15) is 5.82 Å². The summed E-state index contributed by atoms with van der Waals surface area (Å²) in [5, 5.41) is 26.0. The SMILES string of the molecule is COc1n[nH]c2cc(NC(=O)NC3CNc4ccccc4C3)nc(CO)c12. The summed E-state index contributed by atoms with van der Waals surface area (Å²) < 4.78 is 5.16. The predicted octanol–water partition coefficient (Wildman–Crippen LogP) is 1.62. The quantitative estimate of drug-likeness (QED) is 0.477. The number of anilines is 2. The van der Waals surface area contributed by atoms with Gasteiger partial charge >= 0.3 is 6.03 Å². The minimum atomic E-state index is -0.358. The van der Waals surface area contributed by atoms with E-state index in [0.717, 1.165) is 12.1 Å². The van der Waals surface area contributed by atoms with Crippen LogP contribution in [-0.4, -0.2) is 46.0 Å². The van der Waals surface area contributed by atoms with Crippen molar-refractivity contribution in [3.63, 3.8) is 0 Å². The fraction of sp³-hybridized carbons (Fsp3) is 0.278. The van der Waals surface area contributed by atoms with Gasteiger partial charge in [0, 0.05) is 18.3 Å². The fourth-order valence-electron chi connectivity index (χ4n) is 3.30. The first-order valence-electron chi connectivity index (χ1n) is 8.60. The summed E-state index contributed by atoms with van der Waals surface area (Å²) in [5.74, 6) is 0.670. The van der Waals surface area contributed by atoms with Crippen molar-refractivity contribution in [2.75, 3.05) is 24.3 Å². The van der Waals surface area contributed by atoms with Gasteiger partial charge in [0.25, 0.3) is 0 Å². The van der Waals surface area contributed by atoms with Crippen molar-refractivity contribution in [2.45, 2.75) is 19.1 Å². The Morgan fingerprint density at radius 2 is 2.26 bits per heavy atom. The molecule has 0 saturated heterocycles. The molecule has 1 aliphatic rings. The standard InChI is InChI=1S/C18H20N6O3/c1-27-17-16-13(23-24-17)7-15(21-14(16)9-25)22-18(26)20-11-6-10-4-2-3-5-12(10)19-8-11/h2-5,7,11,19,25H,6,8-9H2,1H3,(H,23,24)(H2,20,21,22,26). The van der Waals surface area contributed by atoms with Gasteiger partial charge in [-0.15, -0.1) is 5.10 Å². The molecular formula is C18H20N6O3. The van der Waals surface area contributed by atoms with Crippen molar-refractivity contribution >= 4 is 28.4 Å². The van der Waals surface area contributed by atoms with Crippen LogP contribution in [0.2, 0.25) is 0 Å². The third kappa shape index (κ3) is 3.36. The zero-order chi connectivity index (χ0) is 18.8. The Labute approximate surface area is 155 Å². The first-order valence-corrected chi connectivity index (χ1v) is 8.60. The average molecular weight is 368 g/mol. The predicted molar refractivity (Wildman–Crippen MR) is 101 cm³/mol. The number of carbonyl (C=O) groups excluding carboxylic acids is 1. The van der Waals surface area contributed by atoms with E-state index < -0.39 is 0 Å². The van der Waals surface area contributed by atoms with E-state index >= 15 is 0 Å². The molecule has 5 N–H and O–H groups in total. The van der Waals surface area contributed by atoms with Crippen molar-refractivity contribution < 1.29 is 14.6 Å². The Morgan fingerprint density at radius 1 is 1.41 bits per heavy atom. The first-order chi connectivity index (χ1) is 13.2.